The molecule has 2 aromatic carbocycles. The number of hydrogen-bond acceptors (Lipinski definition) is 2. The van der Waals surface area contributed by atoms with Crippen LogP contribution in [0.5, 0.6) is 0 Å². The molecular weight excluding hydrogens is 421 g/mol. The molecule has 0 unspecified atom stereocenters. The van der Waals surface area contributed by atoms with Crippen LogP contribution in [0.4, 0.5) is 18.9 Å². The van der Waals surface area contributed by atoms with Crippen molar-refractivity contribution in [1.82, 2.24) is 0 Å². The van der Waals surface area contributed by atoms with Crippen LogP contribution in [0.15, 0.2) is 40.9 Å². The Labute approximate surface area is 164 Å². The van der Waals surface area contributed by atoms with Crippen LogP contribution in [-0.4, -0.2) is 12.1 Å². The van der Waals surface area contributed by atoms with Crippen LogP contribution in [0.25, 0.3) is 0 Å². The van der Waals surface area contributed by atoms with Gasteiger partial charge in [-0.15, -0.1) is 0 Å². The lowest BCUT2D eigenvalue weighted by Crippen LogP contribution is -2.14. The molecule has 0 aromatic heterocycles. The van der Waals surface area contributed by atoms with E-state index in [0.717, 1.165) is 16.1 Å². The van der Waals surface area contributed by atoms with Gasteiger partial charge < -0.3 is 10.7 Å². The summed E-state index contributed by atoms with van der Waals surface area (Å²) in [4.78, 5) is 12.3. The van der Waals surface area contributed by atoms with Gasteiger partial charge in [0.2, 0.25) is 0 Å². The number of rotatable bonds is 7. The molecule has 3 nitrogen and oxygen atoms in total. The predicted octanol–water partition coefficient (Wildman–Crippen LogP) is 6.39. The van der Waals surface area contributed by atoms with Crippen molar-refractivity contribution in [3.8, 4) is 0 Å². The van der Waals surface area contributed by atoms with E-state index in [2.05, 4.69) is 21.2 Å². The van der Waals surface area contributed by atoms with Gasteiger partial charge >= 0.3 is 6.18 Å². The zero-order valence-corrected chi connectivity index (χ0v) is 16.4. The molecule has 0 aliphatic heterocycles. The Hall–Kier alpha value is -2.15. The SMILES string of the molecule is Cc1ccc(C(=O)Nc2ccc(CCCCC=N)c(C(F)(F)F)c2)cc1Br. The van der Waals surface area contributed by atoms with Crippen molar-refractivity contribution in [2.75, 3.05) is 5.32 Å². The lowest BCUT2D eigenvalue weighted by Gasteiger charge is -2.15. The summed E-state index contributed by atoms with van der Waals surface area (Å²) < 4.78 is 41.0. The summed E-state index contributed by atoms with van der Waals surface area (Å²) in [5.41, 5.74) is 0.881. The fraction of sp³-hybridized carbons (Fsp3) is 0.300. The molecule has 0 saturated heterocycles. The van der Waals surface area contributed by atoms with Crippen LogP contribution in [0.3, 0.4) is 0 Å². The fourth-order valence-corrected chi connectivity index (χ4v) is 3.01. The number of alkyl halides is 3. The van der Waals surface area contributed by atoms with Gasteiger partial charge in [0.1, 0.15) is 0 Å². The average molecular weight is 441 g/mol. The van der Waals surface area contributed by atoms with E-state index >= 15 is 0 Å². The van der Waals surface area contributed by atoms with Crippen molar-refractivity contribution in [1.29, 1.82) is 5.41 Å². The Kier molecular flexibility index (Phi) is 7.18. The van der Waals surface area contributed by atoms with Crippen molar-refractivity contribution < 1.29 is 18.0 Å². The van der Waals surface area contributed by atoms with Crippen LogP contribution in [-0.2, 0) is 12.6 Å². The number of unbranched alkanes of at least 4 members (excludes halogenated alkanes) is 2. The van der Waals surface area contributed by atoms with Crippen molar-refractivity contribution in [2.45, 2.75) is 38.8 Å². The maximum Gasteiger partial charge on any atom is 0.416 e. The highest BCUT2D eigenvalue weighted by atomic mass is 79.9. The normalized spacial score (nSPS) is 11.3. The molecule has 7 heteroatoms. The van der Waals surface area contributed by atoms with Gasteiger partial charge in [-0.1, -0.05) is 28.1 Å². The highest BCUT2D eigenvalue weighted by molar-refractivity contribution is 9.10. The Bertz CT molecular complexity index is 834. The molecule has 2 rings (SSSR count). The van der Waals surface area contributed by atoms with Crippen molar-refractivity contribution in [3.63, 3.8) is 0 Å². The molecular formula is C20H20BrF3N2O. The van der Waals surface area contributed by atoms with Gasteiger partial charge in [0, 0.05) is 15.7 Å². The van der Waals surface area contributed by atoms with E-state index in [1.807, 2.05) is 6.92 Å². The molecule has 0 atom stereocenters. The molecule has 2 N–H and O–H groups in total. The van der Waals surface area contributed by atoms with E-state index < -0.39 is 17.6 Å². The van der Waals surface area contributed by atoms with Gasteiger partial charge in [-0.2, -0.15) is 13.2 Å². The molecule has 2 aromatic rings. The molecule has 0 saturated carbocycles. The summed E-state index contributed by atoms with van der Waals surface area (Å²) in [6.45, 7) is 1.88. The first-order chi connectivity index (χ1) is 12.7. The number of amides is 1. The van der Waals surface area contributed by atoms with Crippen LogP contribution < -0.4 is 5.32 Å². The third-order valence-electron chi connectivity index (χ3n) is 4.15. The van der Waals surface area contributed by atoms with Gasteiger partial charge in [-0.05, 0) is 74.2 Å². The number of halogens is 4. The minimum absolute atomic E-state index is 0.104. The second-order valence-electron chi connectivity index (χ2n) is 6.24. The number of anilines is 1. The topological polar surface area (TPSA) is 53.0 Å². The highest BCUT2D eigenvalue weighted by Crippen LogP contribution is 2.34. The molecule has 0 fully saturated rings. The van der Waals surface area contributed by atoms with E-state index in [9.17, 15) is 18.0 Å². The number of benzene rings is 2. The fourth-order valence-electron chi connectivity index (χ4n) is 2.64. The molecule has 27 heavy (non-hydrogen) atoms. The Morgan fingerprint density at radius 3 is 2.56 bits per heavy atom. The second-order valence-corrected chi connectivity index (χ2v) is 7.09. The van der Waals surface area contributed by atoms with E-state index in [1.165, 1.54) is 18.3 Å². The number of carbonyl (C=O) groups excluding carboxylic acids is 1. The quantitative estimate of drug-likeness (QED) is 0.380. The maximum atomic E-state index is 13.4. The molecule has 0 radical (unpaired) electrons. The largest absolute Gasteiger partial charge is 0.416 e. The number of hydrogen-bond donors (Lipinski definition) is 2. The Morgan fingerprint density at radius 2 is 1.93 bits per heavy atom. The molecule has 0 aliphatic rings. The van der Waals surface area contributed by atoms with Gasteiger partial charge in [-0.3, -0.25) is 4.79 Å². The smallest absolute Gasteiger partial charge is 0.322 e. The van der Waals surface area contributed by atoms with E-state index in [4.69, 9.17) is 5.41 Å². The lowest BCUT2D eigenvalue weighted by molar-refractivity contribution is -0.138. The number of aryl methyl sites for hydroxylation is 2. The Morgan fingerprint density at radius 1 is 1.19 bits per heavy atom. The van der Waals surface area contributed by atoms with Crippen LogP contribution in [0.1, 0.15) is 46.3 Å². The minimum atomic E-state index is -4.50. The second kappa shape index (κ2) is 9.17. The zero-order chi connectivity index (χ0) is 20.0. The monoisotopic (exact) mass is 440 g/mol. The summed E-state index contributed by atoms with van der Waals surface area (Å²) in [6, 6.07) is 8.89. The van der Waals surface area contributed by atoms with Gasteiger partial charge in [0.05, 0.1) is 5.56 Å². The van der Waals surface area contributed by atoms with Crippen molar-refractivity contribution in [2.24, 2.45) is 0 Å². The first kappa shape index (κ1) is 21.2. The van der Waals surface area contributed by atoms with Gasteiger partial charge in [-0.25, -0.2) is 0 Å². The van der Waals surface area contributed by atoms with E-state index in [-0.39, 0.29) is 17.7 Å². The minimum Gasteiger partial charge on any atom is -0.322 e. The molecule has 1 amide bonds. The molecule has 0 heterocycles. The van der Waals surface area contributed by atoms with E-state index in [1.54, 1.807) is 18.2 Å². The summed E-state index contributed by atoms with van der Waals surface area (Å²) in [7, 11) is 0. The van der Waals surface area contributed by atoms with Gasteiger partial charge in [0.15, 0.2) is 0 Å². The highest BCUT2D eigenvalue weighted by Gasteiger charge is 2.33. The molecule has 0 spiro atoms. The molecule has 0 bridgehead atoms. The van der Waals surface area contributed by atoms with E-state index in [0.29, 0.717) is 24.8 Å². The summed E-state index contributed by atoms with van der Waals surface area (Å²) in [5, 5.41) is 9.50. The number of nitrogens with one attached hydrogen (secondary N) is 2. The summed E-state index contributed by atoms with van der Waals surface area (Å²) in [6.07, 6.45) is -1.16. The van der Waals surface area contributed by atoms with Crippen molar-refractivity contribution in [3.05, 3.63) is 63.1 Å². The summed E-state index contributed by atoms with van der Waals surface area (Å²) >= 11 is 3.34. The van der Waals surface area contributed by atoms with Gasteiger partial charge in [0.25, 0.3) is 5.91 Å². The lowest BCUT2D eigenvalue weighted by atomic mass is 10.00. The van der Waals surface area contributed by atoms with Crippen molar-refractivity contribution >= 4 is 33.7 Å². The predicted molar refractivity (Wildman–Crippen MR) is 105 cm³/mol. The third-order valence-corrected chi connectivity index (χ3v) is 5.01. The summed E-state index contributed by atoms with van der Waals surface area (Å²) in [5.74, 6) is -0.470. The van der Waals surface area contributed by atoms with Crippen LogP contribution in [0.2, 0.25) is 0 Å². The average Bonchev–Trinajstić information content (AvgIpc) is 2.61. The first-order valence-corrected chi connectivity index (χ1v) is 9.28. The maximum absolute atomic E-state index is 13.4. The zero-order valence-electron chi connectivity index (χ0n) is 14.8. The first-order valence-electron chi connectivity index (χ1n) is 8.49. The third kappa shape index (κ3) is 5.92. The molecule has 0 aliphatic carbocycles. The molecule has 144 valence electrons. The number of carbonyl (C=O) groups is 1. The van der Waals surface area contributed by atoms with Crippen LogP contribution >= 0.6 is 15.9 Å². The standard InChI is InChI=1S/C20H20BrF3N2O/c1-13-6-7-15(11-18(13)21)19(27)26-16-9-8-14(5-3-2-4-10-25)17(12-16)20(22,23)24/h6-12,25H,2-5H2,1H3,(H,26,27). The Balaban J connectivity index is 2.20. The van der Waals surface area contributed by atoms with Crippen LogP contribution in [0, 0.1) is 12.3 Å².